The minimum atomic E-state index is 0.932. The Labute approximate surface area is 136 Å². The van der Waals surface area contributed by atoms with E-state index in [-0.39, 0.29) is 0 Å². The van der Waals surface area contributed by atoms with Crippen LogP contribution in [0.5, 0.6) is 0 Å². The number of piperazine rings is 1. The van der Waals surface area contributed by atoms with Gasteiger partial charge in [0.05, 0.1) is 0 Å². The van der Waals surface area contributed by atoms with Crippen molar-refractivity contribution in [3.8, 4) is 0 Å². The zero-order valence-electron chi connectivity index (χ0n) is 13.2. The molecule has 0 N–H and O–H groups in total. The summed E-state index contributed by atoms with van der Waals surface area (Å²) in [5.74, 6) is 3.04. The van der Waals surface area contributed by atoms with Crippen molar-refractivity contribution in [1.29, 1.82) is 0 Å². The lowest BCUT2D eigenvalue weighted by atomic mass is 10.3. The zero-order chi connectivity index (χ0) is 15.5. The number of anilines is 3. The van der Waals surface area contributed by atoms with Crippen molar-refractivity contribution in [2.45, 2.75) is 12.8 Å². The molecule has 0 saturated carbocycles. The summed E-state index contributed by atoms with van der Waals surface area (Å²) in [7, 11) is 0. The molecule has 4 rings (SSSR count). The second-order valence-electron chi connectivity index (χ2n) is 5.98. The van der Waals surface area contributed by atoms with E-state index < -0.39 is 0 Å². The molecule has 0 spiro atoms. The number of aromatic nitrogens is 4. The molecule has 0 bridgehead atoms. The normalized spacial score (nSPS) is 18.5. The second-order valence-corrected chi connectivity index (χ2v) is 5.98. The van der Waals surface area contributed by atoms with Crippen LogP contribution in [0.4, 0.5) is 17.5 Å². The van der Waals surface area contributed by atoms with E-state index in [2.05, 4.69) is 40.9 Å². The molecular formula is C16H21N7. The second kappa shape index (κ2) is 6.36. The third-order valence-electron chi connectivity index (χ3n) is 4.55. The van der Waals surface area contributed by atoms with Crippen LogP contribution in [0.3, 0.4) is 0 Å². The predicted molar refractivity (Wildman–Crippen MR) is 89.9 cm³/mol. The molecule has 4 heterocycles. The summed E-state index contributed by atoms with van der Waals surface area (Å²) in [5.41, 5.74) is 0. The Hall–Kier alpha value is -2.44. The highest BCUT2D eigenvalue weighted by Gasteiger charge is 2.21. The number of hydrogen-bond donors (Lipinski definition) is 0. The van der Waals surface area contributed by atoms with Gasteiger partial charge in [-0.1, -0.05) is 0 Å². The topological polar surface area (TPSA) is 61.3 Å². The molecule has 0 unspecified atom stereocenters. The van der Waals surface area contributed by atoms with Crippen molar-refractivity contribution in [3.63, 3.8) is 0 Å². The van der Waals surface area contributed by atoms with Gasteiger partial charge in [0.1, 0.15) is 18.0 Å². The van der Waals surface area contributed by atoms with Gasteiger partial charge in [0.2, 0.25) is 0 Å². The summed E-state index contributed by atoms with van der Waals surface area (Å²) in [6.07, 6.45) is 5.92. The van der Waals surface area contributed by atoms with Gasteiger partial charge in [-0.2, -0.15) is 5.10 Å². The maximum absolute atomic E-state index is 4.47. The van der Waals surface area contributed by atoms with Crippen LogP contribution in [-0.4, -0.2) is 59.4 Å². The van der Waals surface area contributed by atoms with Crippen LogP contribution >= 0.6 is 0 Å². The van der Waals surface area contributed by atoms with E-state index in [0.29, 0.717) is 0 Å². The van der Waals surface area contributed by atoms with Crippen LogP contribution in [0.1, 0.15) is 12.8 Å². The minimum Gasteiger partial charge on any atom is -0.356 e. The predicted octanol–water partition coefficient (Wildman–Crippen LogP) is 1.19. The molecule has 0 amide bonds. The fourth-order valence-corrected chi connectivity index (χ4v) is 3.26. The van der Waals surface area contributed by atoms with Crippen LogP contribution in [0, 0.1) is 0 Å². The highest BCUT2D eigenvalue weighted by Crippen LogP contribution is 2.22. The Bertz CT molecular complexity index is 634. The number of nitrogens with zero attached hydrogens (tertiary/aromatic N) is 7. The SMILES string of the molecule is c1cnnc(N2CCN(c3cc(N4CCCC4)ncn3)CC2)c1. The van der Waals surface area contributed by atoms with Crippen molar-refractivity contribution in [3.05, 3.63) is 30.7 Å². The van der Waals surface area contributed by atoms with E-state index in [1.54, 1.807) is 12.5 Å². The van der Waals surface area contributed by atoms with Gasteiger partial charge in [-0.3, -0.25) is 0 Å². The average Bonchev–Trinajstić information content (AvgIpc) is 3.18. The lowest BCUT2D eigenvalue weighted by Crippen LogP contribution is -2.47. The van der Waals surface area contributed by atoms with Gasteiger partial charge in [-0.25, -0.2) is 9.97 Å². The van der Waals surface area contributed by atoms with Gasteiger partial charge in [0, 0.05) is 51.5 Å². The van der Waals surface area contributed by atoms with Crippen LogP contribution in [0.25, 0.3) is 0 Å². The van der Waals surface area contributed by atoms with Crippen LogP contribution in [0.15, 0.2) is 30.7 Å². The Kier molecular flexibility index (Phi) is 3.92. The first-order chi connectivity index (χ1) is 11.4. The van der Waals surface area contributed by atoms with Crippen LogP contribution in [-0.2, 0) is 0 Å². The van der Waals surface area contributed by atoms with E-state index in [0.717, 1.165) is 56.7 Å². The van der Waals surface area contributed by atoms with Crippen LogP contribution in [0.2, 0.25) is 0 Å². The highest BCUT2D eigenvalue weighted by molar-refractivity contribution is 5.52. The highest BCUT2D eigenvalue weighted by atomic mass is 15.3. The van der Waals surface area contributed by atoms with Crippen molar-refractivity contribution >= 4 is 17.5 Å². The maximum atomic E-state index is 4.47. The molecule has 2 aromatic rings. The summed E-state index contributed by atoms with van der Waals surface area (Å²) >= 11 is 0. The molecule has 2 aromatic heterocycles. The first-order valence-electron chi connectivity index (χ1n) is 8.25. The van der Waals surface area contributed by atoms with E-state index in [1.165, 1.54) is 12.8 Å². The van der Waals surface area contributed by atoms with E-state index in [9.17, 15) is 0 Å². The third kappa shape index (κ3) is 3.04. The molecule has 0 atom stereocenters. The molecule has 0 aliphatic carbocycles. The summed E-state index contributed by atoms with van der Waals surface area (Å²) in [6.45, 7) is 5.96. The van der Waals surface area contributed by atoms with E-state index >= 15 is 0 Å². The molecule has 2 aliphatic rings. The molecule has 23 heavy (non-hydrogen) atoms. The van der Waals surface area contributed by atoms with Crippen molar-refractivity contribution in [2.75, 3.05) is 54.0 Å². The largest absolute Gasteiger partial charge is 0.356 e. The Morgan fingerprint density at radius 2 is 1.35 bits per heavy atom. The molecule has 0 radical (unpaired) electrons. The Morgan fingerprint density at radius 3 is 1.96 bits per heavy atom. The molecule has 2 fully saturated rings. The van der Waals surface area contributed by atoms with Gasteiger partial charge >= 0.3 is 0 Å². The molecule has 2 saturated heterocycles. The van der Waals surface area contributed by atoms with Gasteiger partial charge in [-0.05, 0) is 25.0 Å². The first kappa shape index (κ1) is 14.2. The first-order valence-corrected chi connectivity index (χ1v) is 8.25. The van der Waals surface area contributed by atoms with Gasteiger partial charge in [0.15, 0.2) is 5.82 Å². The fourth-order valence-electron chi connectivity index (χ4n) is 3.26. The van der Waals surface area contributed by atoms with Gasteiger partial charge in [-0.15, -0.1) is 5.10 Å². The average molecular weight is 311 g/mol. The smallest absolute Gasteiger partial charge is 0.151 e. The fraction of sp³-hybridized carbons (Fsp3) is 0.500. The van der Waals surface area contributed by atoms with E-state index in [4.69, 9.17) is 0 Å². The number of rotatable bonds is 3. The Morgan fingerprint density at radius 1 is 0.739 bits per heavy atom. The monoisotopic (exact) mass is 311 g/mol. The summed E-state index contributed by atoms with van der Waals surface area (Å²) < 4.78 is 0. The van der Waals surface area contributed by atoms with Crippen molar-refractivity contribution in [1.82, 2.24) is 20.2 Å². The van der Waals surface area contributed by atoms with Crippen LogP contribution < -0.4 is 14.7 Å². The maximum Gasteiger partial charge on any atom is 0.151 e. The summed E-state index contributed by atoms with van der Waals surface area (Å²) in [4.78, 5) is 15.9. The van der Waals surface area contributed by atoms with Crippen molar-refractivity contribution in [2.24, 2.45) is 0 Å². The Balaban J connectivity index is 1.43. The lowest BCUT2D eigenvalue weighted by Gasteiger charge is -2.36. The zero-order valence-corrected chi connectivity index (χ0v) is 13.2. The summed E-state index contributed by atoms with van der Waals surface area (Å²) in [6, 6.07) is 6.07. The van der Waals surface area contributed by atoms with Gasteiger partial charge in [0.25, 0.3) is 0 Å². The van der Waals surface area contributed by atoms with Gasteiger partial charge < -0.3 is 14.7 Å². The quantitative estimate of drug-likeness (QED) is 0.844. The molecule has 7 heteroatoms. The molecular weight excluding hydrogens is 290 g/mol. The molecule has 120 valence electrons. The molecule has 7 nitrogen and oxygen atoms in total. The standard InChI is InChI=1S/C16H21N7/c1-2-7-21(6-1)15-12-16(18-13-17-15)23-10-8-22(9-11-23)14-4-3-5-19-20-14/h3-5,12-13H,1-2,6-11H2. The van der Waals surface area contributed by atoms with Crippen molar-refractivity contribution < 1.29 is 0 Å². The third-order valence-corrected chi connectivity index (χ3v) is 4.55. The number of hydrogen-bond acceptors (Lipinski definition) is 7. The lowest BCUT2D eigenvalue weighted by molar-refractivity contribution is 0.637. The molecule has 0 aromatic carbocycles. The minimum absolute atomic E-state index is 0.932. The summed E-state index contributed by atoms with van der Waals surface area (Å²) in [5, 5.41) is 8.15. The molecule has 2 aliphatic heterocycles. The van der Waals surface area contributed by atoms with E-state index in [1.807, 2.05) is 12.1 Å².